The second kappa shape index (κ2) is 9.59. The van der Waals surface area contributed by atoms with Gasteiger partial charge in [0.15, 0.2) is 0 Å². The van der Waals surface area contributed by atoms with Crippen LogP contribution in [0.2, 0.25) is 0 Å². The zero-order valence-corrected chi connectivity index (χ0v) is 18.0. The van der Waals surface area contributed by atoms with Crippen molar-refractivity contribution in [2.45, 2.75) is 27.2 Å². The average Bonchev–Trinajstić information content (AvgIpc) is 2.94. The first-order valence-electron chi connectivity index (χ1n) is 10.1. The normalized spacial score (nSPS) is 13.9. The molecule has 0 fully saturated rings. The van der Waals surface area contributed by atoms with E-state index in [9.17, 15) is 9.59 Å². The number of amides is 2. The highest BCUT2D eigenvalue weighted by atomic mass is 16.5. The van der Waals surface area contributed by atoms with Gasteiger partial charge < -0.3 is 14.8 Å². The van der Waals surface area contributed by atoms with Crippen LogP contribution in [0.3, 0.4) is 0 Å². The first-order chi connectivity index (χ1) is 14.5. The number of methoxy groups -OCH3 is 1. The molecular formula is C24H28N2O4. The number of imide groups is 1. The third kappa shape index (κ3) is 4.39. The van der Waals surface area contributed by atoms with E-state index >= 15 is 0 Å². The molecule has 0 unspecified atom stereocenters. The summed E-state index contributed by atoms with van der Waals surface area (Å²) in [6.07, 6.45) is 0.580. The topological polar surface area (TPSA) is 67.9 Å². The van der Waals surface area contributed by atoms with Gasteiger partial charge in [-0.25, -0.2) is 0 Å². The fourth-order valence-electron chi connectivity index (χ4n) is 3.59. The van der Waals surface area contributed by atoms with E-state index in [2.05, 4.69) is 5.32 Å². The van der Waals surface area contributed by atoms with Crippen LogP contribution in [0.1, 0.15) is 30.0 Å². The zero-order chi connectivity index (χ0) is 21.7. The lowest BCUT2D eigenvalue weighted by atomic mass is 9.97. The van der Waals surface area contributed by atoms with E-state index in [-0.39, 0.29) is 17.5 Å². The van der Waals surface area contributed by atoms with E-state index in [4.69, 9.17) is 9.47 Å². The van der Waals surface area contributed by atoms with E-state index in [0.717, 1.165) is 16.7 Å². The van der Waals surface area contributed by atoms with E-state index < -0.39 is 0 Å². The van der Waals surface area contributed by atoms with Gasteiger partial charge in [0.25, 0.3) is 11.8 Å². The maximum absolute atomic E-state index is 13.3. The Morgan fingerprint density at radius 2 is 1.80 bits per heavy atom. The van der Waals surface area contributed by atoms with Crippen LogP contribution in [0, 0.1) is 13.8 Å². The first-order valence-corrected chi connectivity index (χ1v) is 10.1. The van der Waals surface area contributed by atoms with Gasteiger partial charge in [-0.2, -0.15) is 0 Å². The Balaban J connectivity index is 2.06. The number of aryl methyl sites for hydroxylation is 2. The van der Waals surface area contributed by atoms with Crippen LogP contribution in [0.15, 0.2) is 48.2 Å². The van der Waals surface area contributed by atoms with Crippen LogP contribution in [-0.4, -0.2) is 43.6 Å². The molecule has 2 aromatic rings. The Bertz CT molecular complexity index is 981. The number of ether oxygens (including phenoxy) is 2. The van der Waals surface area contributed by atoms with Crippen molar-refractivity contribution in [3.8, 4) is 5.75 Å². The number of anilines is 1. The summed E-state index contributed by atoms with van der Waals surface area (Å²) >= 11 is 0. The van der Waals surface area contributed by atoms with Crippen molar-refractivity contribution in [2.24, 2.45) is 0 Å². The minimum absolute atomic E-state index is 0.275. The lowest BCUT2D eigenvalue weighted by Gasteiger charge is -2.15. The number of carbonyl (C=O) groups is 2. The highest BCUT2D eigenvalue weighted by Crippen LogP contribution is 2.34. The fourth-order valence-corrected chi connectivity index (χ4v) is 3.59. The van der Waals surface area contributed by atoms with Gasteiger partial charge in [0, 0.05) is 20.3 Å². The molecule has 1 heterocycles. The third-order valence-corrected chi connectivity index (χ3v) is 5.00. The van der Waals surface area contributed by atoms with Crippen LogP contribution in [0.4, 0.5) is 5.69 Å². The van der Waals surface area contributed by atoms with Gasteiger partial charge in [-0.3, -0.25) is 14.5 Å². The maximum Gasteiger partial charge on any atom is 0.278 e. The Labute approximate surface area is 177 Å². The molecule has 2 amide bonds. The molecule has 158 valence electrons. The number of nitrogens with zero attached hydrogens (tertiary/aromatic N) is 1. The maximum atomic E-state index is 13.3. The summed E-state index contributed by atoms with van der Waals surface area (Å²) in [4.78, 5) is 27.8. The number of hydrogen-bond acceptors (Lipinski definition) is 5. The molecule has 0 spiro atoms. The highest BCUT2D eigenvalue weighted by Gasteiger charge is 2.39. The van der Waals surface area contributed by atoms with E-state index in [1.807, 2.05) is 63.2 Å². The SMILES string of the molecule is CCOc1ccccc1NC1=C(c2ccc(C)cc2C)C(=O)N(CCCOC)C1=O. The van der Waals surface area contributed by atoms with Crippen LogP contribution in [-0.2, 0) is 14.3 Å². The van der Waals surface area contributed by atoms with Gasteiger partial charge in [0.05, 0.1) is 17.9 Å². The number of carbonyl (C=O) groups excluding carboxylic acids is 2. The van der Waals surface area contributed by atoms with Gasteiger partial charge >= 0.3 is 0 Å². The molecule has 0 radical (unpaired) electrons. The van der Waals surface area contributed by atoms with Crippen molar-refractivity contribution in [1.82, 2.24) is 4.90 Å². The molecule has 0 aliphatic carbocycles. The predicted octanol–water partition coefficient (Wildman–Crippen LogP) is 3.93. The molecule has 2 aromatic carbocycles. The highest BCUT2D eigenvalue weighted by molar-refractivity contribution is 6.36. The second-order valence-corrected chi connectivity index (χ2v) is 7.23. The Morgan fingerprint density at radius 1 is 1.03 bits per heavy atom. The lowest BCUT2D eigenvalue weighted by molar-refractivity contribution is -0.136. The van der Waals surface area contributed by atoms with Gasteiger partial charge in [-0.1, -0.05) is 35.9 Å². The molecule has 3 rings (SSSR count). The van der Waals surface area contributed by atoms with Crippen molar-refractivity contribution >= 4 is 23.1 Å². The van der Waals surface area contributed by atoms with Crippen molar-refractivity contribution in [1.29, 1.82) is 0 Å². The molecule has 6 nitrogen and oxygen atoms in total. The predicted molar refractivity (Wildman–Crippen MR) is 117 cm³/mol. The van der Waals surface area contributed by atoms with Gasteiger partial charge in [0.2, 0.25) is 0 Å². The minimum atomic E-state index is -0.336. The molecular weight excluding hydrogens is 380 g/mol. The molecule has 6 heteroatoms. The van der Waals surface area contributed by atoms with E-state index in [1.54, 1.807) is 7.11 Å². The summed E-state index contributed by atoms with van der Waals surface area (Å²) < 4.78 is 10.8. The van der Waals surface area contributed by atoms with Gasteiger partial charge in [-0.15, -0.1) is 0 Å². The number of para-hydroxylation sites is 2. The Hall–Kier alpha value is -3.12. The number of hydrogen-bond donors (Lipinski definition) is 1. The van der Waals surface area contributed by atoms with Crippen molar-refractivity contribution in [2.75, 3.05) is 32.2 Å². The molecule has 30 heavy (non-hydrogen) atoms. The molecule has 0 bridgehead atoms. The third-order valence-electron chi connectivity index (χ3n) is 5.00. The minimum Gasteiger partial charge on any atom is -0.492 e. The quantitative estimate of drug-likeness (QED) is 0.503. The standard InChI is InChI=1S/C24H28N2O4/c1-5-30-20-10-7-6-9-19(20)25-22-21(18-12-11-16(2)15-17(18)3)23(27)26(24(22)28)13-8-14-29-4/h6-7,9-12,15,25H,5,8,13-14H2,1-4H3. The molecule has 0 saturated heterocycles. The number of nitrogens with one attached hydrogen (secondary N) is 1. The smallest absolute Gasteiger partial charge is 0.278 e. The molecule has 1 aliphatic heterocycles. The fraction of sp³-hybridized carbons (Fsp3) is 0.333. The summed E-state index contributed by atoms with van der Waals surface area (Å²) in [6, 6.07) is 13.3. The summed E-state index contributed by atoms with van der Waals surface area (Å²) in [7, 11) is 1.60. The molecule has 0 atom stereocenters. The molecule has 0 aromatic heterocycles. The Morgan fingerprint density at radius 3 is 2.50 bits per heavy atom. The second-order valence-electron chi connectivity index (χ2n) is 7.23. The molecule has 1 N–H and O–H groups in total. The zero-order valence-electron chi connectivity index (χ0n) is 18.0. The van der Waals surface area contributed by atoms with Crippen LogP contribution >= 0.6 is 0 Å². The van der Waals surface area contributed by atoms with E-state index in [1.165, 1.54) is 4.90 Å². The monoisotopic (exact) mass is 408 g/mol. The van der Waals surface area contributed by atoms with Crippen molar-refractivity contribution in [3.05, 3.63) is 64.9 Å². The van der Waals surface area contributed by atoms with Crippen LogP contribution < -0.4 is 10.1 Å². The first kappa shape index (κ1) is 21.6. The molecule has 0 saturated carbocycles. The summed E-state index contributed by atoms with van der Waals surface area (Å²) in [5.74, 6) is 0.00221. The van der Waals surface area contributed by atoms with Crippen molar-refractivity contribution in [3.63, 3.8) is 0 Å². The van der Waals surface area contributed by atoms with E-state index in [0.29, 0.717) is 43.2 Å². The summed E-state index contributed by atoms with van der Waals surface area (Å²) in [5.41, 5.74) is 4.11. The van der Waals surface area contributed by atoms with Gasteiger partial charge in [0.1, 0.15) is 11.4 Å². The van der Waals surface area contributed by atoms with Crippen LogP contribution in [0.25, 0.3) is 5.57 Å². The lowest BCUT2D eigenvalue weighted by Crippen LogP contribution is -2.34. The van der Waals surface area contributed by atoms with Gasteiger partial charge in [-0.05, 0) is 50.5 Å². The van der Waals surface area contributed by atoms with Crippen molar-refractivity contribution < 1.29 is 19.1 Å². The Kier molecular flexibility index (Phi) is 6.90. The summed E-state index contributed by atoms with van der Waals surface area (Å²) in [6.45, 7) is 7.13. The summed E-state index contributed by atoms with van der Waals surface area (Å²) in [5, 5.41) is 3.20. The largest absolute Gasteiger partial charge is 0.492 e. The van der Waals surface area contributed by atoms with Crippen LogP contribution in [0.5, 0.6) is 5.75 Å². The molecule has 1 aliphatic rings. The average molecular weight is 408 g/mol. The number of rotatable bonds is 9. The number of benzene rings is 2.